The van der Waals surface area contributed by atoms with Crippen LogP contribution in [0.3, 0.4) is 0 Å². The third-order valence-electron chi connectivity index (χ3n) is 7.12. The first-order chi connectivity index (χ1) is 16.0. The second-order valence-electron chi connectivity index (χ2n) is 9.98. The summed E-state index contributed by atoms with van der Waals surface area (Å²) in [5.41, 5.74) is -1.09. The Morgan fingerprint density at radius 3 is 2.00 bits per heavy atom. The van der Waals surface area contributed by atoms with Crippen LogP contribution in [0.1, 0.15) is 116 Å². The second-order valence-corrected chi connectivity index (χ2v) is 9.98. The van der Waals surface area contributed by atoms with Gasteiger partial charge in [0.05, 0.1) is 6.61 Å². The molecule has 33 heavy (non-hydrogen) atoms. The van der Waals surface area contributed by atoms with E-state index < -0.39 is 29.6 Å². The SMILES string of the molecule is C=CC[C@]12OC[C@@](O)(OC(=O)CCCCCCCCCCCCCCCCC)[C@H]1OC[C@@H]2O. The zero-order chi connectivity index (χ0) is 24.0. The van der Waals surface area contributed by atoms with E-state index in [0.29, 0.717) is 6.42 Å². The van der Waals surface area contributed by atoms with Gasteiger partial charge in [0.15, 0.2) is 6.10 Å². The van der Waals surface area contributed by atoms with Gasteiger partial charge < -0.3 is 24.4 Å². The van der Waals surface area contributed by atoms with E-state index in [1.165, 1.54) is 77.0 Å². The Kier molecular flexibility index (Phi) is 13.0. The molecule has 0 aromatic carbocycles. The quantitative estimate of drug-likeness (QED) is 0.111. The largest absolute Gasteiger partial charge is 0.428 e. The van der Waals surface area contributed by atoms with Crippen molar-refractivity contribution in [1.29, 1.82) is 0 Å². The maximum absolute atomic E-state index is 12.3. The number of hydrogen-bond acceptors (Lipinski definition) is 6. The molecule has 6 heteroatoms. The number of aliphatic hydroxyl groups excluding tert-OH is 1. The van der Waals surface area contributed by atoms with E-state index in [9.17, 15) is 15.0 Å². The van der Waals surface area contributed by atoms with Gasteiger partial charge in [-0.25, -0.2) is 0 Å². The zero-order valence-corrected chi connectivity index (χ0v) is 20.9. The van der Waals surface area contributed by atoms with Gasteiger partial charge in [-0.2, -0.15) is 0 Å². The summed E-state index contributed by atoms with van der Waals surface area (Å²) in [6.45, 7) is 5.79. The summed E-state index contributed by atoms with van der Waals surface area (Å²) in [5.74, 6) is -2.30. The number of carbonyl (C=O) groups excluding carboxylic acids is 1. The molecule has 0 aromatic rings. The third kappa shape index (κ3) is 8.65. The number of unbranched alkanes of at least 4 members (excludes halogenated alkanes) is 14. The first kappa shape index (κ1) is 28.3. The molecule has 0 radical (unpaired) electrons. The molecule has 192 valence electrons. The van der Waals surface area contributed by atoms with Crippen LogP contribution in [-0.2, 0) is 19.0 Å². The lowest BCUT2D eigenvalue weighted by molar-refractivity contribution is -0.238. The standard InChI is InChI=1S/C27H48O6/c1-3-5-6-7-8-9-10-11-12-13-14-15-16-17-18-19-24(29)33-27(30)22-32-26(20-4-2)23(28)21-31-25(26)27/h4,23,25,28,30H,2-3,5-22H2,1H3/t23-,25-,26+,27+/m0/s1. The molecule has 0 aromatic heterocycles. The molecule has 2 fully saturated rings. The normalized spacial score (nSPS) is 28.7. The van der Waals surface area contributed by atoms with E-state index in [0.717, 1.165) is 19.3 Å². The van der Waals surface area contributed by atoms with E-state index in [1.54, 1.807) is 6.08 Å². The summed E-state index contributed by atoms with van der Waals surface area (Å²) in [5, 5.41) is 21.1. The number of rotatable bonds is 19. The van der Waals surface area contributed by atoms with E-state index in [4.69, 9.17) is 14.2 Å². The van der Waals surface area contributed by atoms with Crippen LogP contribution in [0.5, 0.6) is 0 Å². The molecule has 0 aliphatic carbocycles. The van der Waals surface area contributed by atoms with Crippen LogP contribution in [0.15, 0.2) is 12.7 Å². The van der Waals surface area contributed by atoms with Gasteiger partial charge in [0.25, 0.3) is 5.79 Å². The Balaban J connectivity index is 1.47. The lowest BCUT2D eigenvalue weighted by Gasteiger charge is -2.31. The van der Waals surface area contributed by atoms with Gasteiger partial charge in [-0.15, -0.1) is 6.58 Å². The molecule has 4 atom stereocenters. The van der Waals surface area contributed by atoms with Crippen molar-refractivity contribution in [2.24, 2.45) is 0 Å². The number of esters is 1. The van der Waals surface area contributed by atoms with Crippen molar-refractivity contribution < 1.29 is 29.2 Å². The molecule has 2 heterocycles. The molecule has 2 saturated heterocycles. The first-order valence-corrected chi connectivity index (χ1v) is 13.5. The Hall–Kier alpha value is -0.950. The first-order valence-electron chi connectivity index (χ1n) is 13.5. The topological polar surface area (TPSA) is 85.2 Å². The number of fused-ring (bicyclic) bond motifs is 1. The highest BCUT2D eigenvalue weighted by atomic mass is 16.7. The van der Waals surface area contributed by atoms with Crippen LogP contribution >= 0.6 is 0 Å². The number of ether oxygens (including phenoxy) is 3. The fourth-order valence-electron chi connectivity index (χ4n) is 5.14. The fraction of sp³-hybridized carbons (Fsp3) is 0.889. The number of carbonyl (C=O) groups is 1. The molecule has 2 rings (SSSR count). The van der Waals surface area contributed by atoms with Crippen molar-refractivity contribution in [3.63, 3.8) is 0 Å². The van der Waals surface area contributed by atoms with Crippen LogP contribution in [0.4, 0.5) is 0 Å². The fourth-order valence-corrected chi connectivity index (χ4v) is 5.14. The average molecular weight is 469 g/mol. The summed E-state index contributed by atoms with van der Waals surface area (Å²) < 4.78 is 16.6. The minimum absolute atomic E-state index is 0.0391. The van der Waals surface area contributed by atoms with Crippen molar-refractivity contribution in [1.82, 2.24) is 0 Å². The number of aliphatic hydroxyl groups is 2. The summed E-state index contributed by atoms with van der Waals surface area (Å²) in [7, 11) is 0. The van der Waals surface area contributed by atoms with Crippen LogP contribution in [0.25, 0.3) is 0 Å². The maximum Gasteiger partial charge on any atom is 0.308 e. The van der Waals surface area contributed by atoms with Crippen LogP contribution in [-0.4, -0.2) is 53.0 Å². The molecule has 0 spiro atoms. The van der Waals surface area contributed by atoms with Crippen molar-refractivity contribution in [2.45, 2.75) is 140 Å². The molecular weight excluding hydrogens is 420 g/mol. The zero-order valence-electron chi connectivity index (χ0n) is 20.9. The molecular formula is C27H48O6. The molecule has 6 nitrogen and oxygen atoms in total. The molecule has 2 aliphatic heterocycles. The van der Waals surface area contributed by atoms with Crippen molar-refractivity contribution in [2.75, 3.05) is 13.2 Å². The highest BCUT2D eigenvalue weighted by Crippen LogP contribution is 2.45. The minimum atomic E-state index is -1.85. The van der Waals surface area contributed by atoms with Gasteiger partial charge in [0, 0.05) is 6.42 Å². The Bertz CT molecular complexity index is 567. The predicted octanol–water partition coefficient (Wildman–Crippen LogP) is 5.58. The van der Waals surface area contributed by atoms with Crippen molar-refractivity contribution >= 4 is 5.97 Å². The van der Waals surface area contributed by atoms with Crippen molar-refractivity contribution in [3.8, 4) is 0 Å². The second kappa shape index (κ2) is 15.1. The maximum atomic E-state index is 12.3. The Morgan fingerprint density at radius 2 is 1.48 bits per heavy atom. The summed E-state index contributed by atoms with van der Waals surface area (Å²) >= 11 is 0. The number of hydrogen-bond donors (Lipinski definition) is 2. The van der Waals surface area contributed by atoms with Gasteiger partial charge in [0.2, 0.25) is 0 Å². The summed E-state index contributed by atoms with van der Waals surface area (Å²) in [6.07, 6.45) is 19.5. The molecule has 2 N–H and O–H groups in total. The van der Waals surface area contributed by atoms with Gasteiger partial charge >= 0.3 is 5.97 Å². The monoisotopic (exact) mass is 468 g/mol. The van der Waals surface area contributed by atoms with Crippen LogP contribution < -0.4 is 0 Å². The highest BCUT2D eigenvalue weighted by molar-refractivity contribution is 5.69. The summed E-state index contributed by atoms with van der Waals surface area (Å²) in [6, 6.07) is 0. The molecule has 2 aliphatic rings. The van der Waals surface area contributed by atoms with Gasteiger partial charge in [-0.3, -0.25) is 4.79 Å². The van der Waals surface area contributed by atoms with Gasteiger partial charge in [-0.05, 0) is 12.8 Å². The van der Waals surface area contributed by atoms with Gasteiger partial charge in [0.1, 0.15) is 18.3 Å². The van der Waals surface area contributed by atoms with Crippen LogP contribution in [0.2, 0.25) is 0 Å². The van der Waals surface area contributed by atoms with E-state index in [-0.39, 0.29) is 19.6 Å². The predicted molar refractivity (Wildman–Crippen MR) is 130 cm³/mol. The molecule has 0 bridgehead atoms. The summed E-state index contributed by atoms with van der Waals surface area (Å²) in [4.78, 5) is 12.3. The minimum Gasteiger partial charge on any atom is -0.428 e. The van der Waals surface area contributed by atoms with Crippen molar-refractivity contribution in [3.05, 3.63) is 12.7 Å². The van der Waals surface area contributed by atoms with Crippen LogP contribution in [0, 0.1) is 0 Å². The van der Waals surface area contributed by atoms with E-state index >= 15 is 0 Å². The lowest BCUT2D eigenvalue weighted by atomic mass is 9.87. The average Bonchev–Trinajstić information content (AvgIpc) is 3.26. The van der Waals surface area contributed by atoms with Gasteiger partial charge in [-0.1, -0.05) is 103 Å². The third-order valence-corrected chi connectivity index (χ3v) is 7.12. The molecule has 0 saturated carbocycles. The molecule has 0 amide bonds. The highest BCUT2D eigenvalue weighted by Gasteiger charge is 2.67. The van der Waals surface area contributed by atoms with E-state index in [1.807, 2.05) is 0 Å². The van der Waals surface area contributed by atoms with E-state index in [2.05, 4.69) is 13.5 Å². The Labute approximate surface area is 201 Å². The smallest absolute Gasteiger partial charge is 0.308 e. The lowest BCUT2D eigenvalue weighted by Crippen LogP contribution is -2.53. The molecule has 0 unspecified atom stereocenters. The Morgan fingerprint density at radius 1 is 0.970 bits per heavy atom.